The number of piperidine rings is 1. The molecule has 4 aromatic rings. The number of fused-ring (bicyclic) bond motifs is 1. The monoisotopic (exact) mass is 1250 g/mol. The number of hydrogen-bond donors (Lipinski definition) is 2. The Morgan fingerprint density at radius 3 is 2.19 bits per heavy atom. The van der Waals surface area contributed by atoms with E-state index in [1.165, 1.54) is 67.8 Å². The Morgan fingerprint density at radius 1 is 0.800 bits per heavy atom. The zero-order valence-electron chi connectivity index (χ0n) is 54.3. The van der Waals surface area contributed by atoms with Crippen molar-refractivity contribution < 1.29 is 76.0 Å². The molecule has 0 aliphatic carbocycles. The van der Waals surface area contributed by atoms with Gasteiger partial charge in [0.15, 0.2) is 23.9 Å². The fourth-order valence-electron chi connectivity index (χ4n) is 10.3. The summed E-state index contributed by atoms with van der Waals surface area (Å²) in [5, 5.41) is 7.49. The molecular weight excluding hydrogens is 1160 g/mol. The zero-order valence-corrected chi connectivity index (χ0v) is 54.3. The SMILES string of the molecule is C=CC(=O)OCC(C)(C)C(=O)C(=O)N1CCCC[C@H]1C(=O)O[C@H](CCc1ccc(OC)c(OC)c1F)c1cccc(OCC(=O)N(C)[C@@H](CCCC)C(=O)N[C@@H](Cc2ccc3ccccc3c2)C(=O)N(C)[C@@H](COC(C)(C)C)C(=O)NCC(=O)N(C)CCC)c1. The summed E-state index contributed by atoms with van der Waals surface area (Å²) in [7, 11) is 7.23. The third-order valence-corrected chi connectivity index (χ3v) is 15.7. The number of aryl methyl sites for hydroxylation is 1. The van der Waals surface area contributed by atoms with Crippen LogP contribution in [0.5, 0.6) is 17.2 Å². The van der Waals surface area contributed by atoms with E-state index in [0.717, 1.165) is 16.8 Å². The summed E-state index contributed by atoms with van der Waals surface area (Å²) in [6.07, 6.45) is 3.12. The lowest BCUT2D eigenvalue weighted by Gasteiger charge is -2.36. The molecule has 5 rings (SSSR count). The van der Waals surface area contributed by atoms with Crippen molar-refractivity contribution in [1.29, 1.82) is 0 Å². The van der Waals surface area contributed by atoms with Crippen molar-refractivity contribution in [3.8, 4) is 17.2 Å². The number of hydrogen-bond acceptors (Lipinski definition) is 15. The van der Waals surface area contributed by atoms with E-state index in [4.69, 9.17) is 28.4 Å². The Bertz CT molecular complexity index is 3180. The molecule has 5 atom stereocenters. The quantitative estimate of drug-likeness (QED) is 0.0264. The molecular formula is C68H91FN6O15. The lowest BCUT2D eigenvalue weighted by atomic mass is 9.87. The minimum absolute atomic E-state index is 0.00267. The largest absolute Gasteiger partial charge is 0.493 e. The van der Waals surface area contributed by atoms with Gasteiger partial charge in [-0.1, -0.05) is 93.9 Å². The maximum Gasteiger partial charge on any atom is 0.330 e. The number of carbonyl (C=O) groups is 9. The molecule has 1 saturated heterocycles. The smallest absolute Gasteiger partial charge is 0.330 e. The van der Waals surface area contributed by atoms with Crippen molar-refractivity contribution in [2.75, 3.05) is 74.8 Å². The molecule has 22 heteroatoms. The summed E-state index contributed by atoms with van der Waals surface area (Å²) in [5.41, 5.74) is -0.874. The molecule has 4 aromatic carbocycles. The van der Waals surface area contributed by atoms with Gasteiger partial charge in [0.2, 0.25) is 29.4 Å². The van der Waals surface area contributed by atoms with Crippen LogP contribution in [0.2, 0.25) is 0 Å². The van der Waals surface area contributed by atoms with E-state index in [1.807, 2.05) is 56.3 Å². The van der Waals surface area contributed by atoms with Crippen molar-refractivity contribution in [3.05, 3.63) is 114 Å². The average Bonchev–Trinajstić information content (AvgIpc) is 1.37. The molecule has 1 aliphatic rings. The van der Waals surface area contributed by atoms with Crippen LogP contribution < -0.4 is 24.8 Å². The Morgan fingerprint density at radius 2 is 1.52 bits per heavy atom. The van der Waals surface area contributed by atoms with Gasteiger partial charge in [-0.25, -0.2) is 14.0 Å². The van der Waals surface area contributed by atoms with E-state index in [2.05, 4.69) is 17.2 Å². The number of amides is 6. The maximum atomic E-state index is 16.0. The van der Waals surface area contributed by atoms with Crippen LogP contribution >= 0.6 is 0 Å². The van der Waals surface area contributed by atoms with E-state index in [9.17, 15) is 43.2 Å². The standard InChI is InChI=1S/C68H91FN6O15/c1-14-17-27-51(63(81)71-50(38-44-29-30-45-23-18-19-24-47(45)37-44)64(82)74(11)53(41-89-67(4,5)6)62(80)70-40-56(76)72(9)35-15-2)73(10)57(77)42-87-49-26-22-25-48(39-49)54(33-31-46-32-34-55(85-12)60(86-13)59(46)69)90-66(84)52-28-20-21-36-75(52)65(83)61(79)68(7,8)43-88-58(78)16-3/h16,18-19,22-26,29-30,32,34,37,39,50-54H,3,14-15,17,20-21,27-28,31,33,35-36,38,40-43H2,1-2,4-13H3,(H,70,80)(H,71,81)/t50-,51-,52-,53-,54+/m0/s1. The predicted octanol–water partition coefficient (Wildman–Crippen LogP) is 7.67. The van der Waals surface area contributed by atoms with Crippen LogP contribution in [-0.2, 0) is 70.2 Å². The highest BCUT2D eigenvalue weighted by atomic mass is 19.1. The second-order valence-electron chi connectivity index (χ2n) is 24.2. The van der Waals surface area contributed by atoms with Crippen LogP contribution in [0.25, 0.3) is 10.8 Å². The first-order valence-corrected chi connectivity index (χ1v) is 30.6. The summed E-state index contributed by atoms with van der Waals surface area (Å²) in [4.78, 5) is 130. The van der Waals surface area contributed by atoms with Crippen LogP contribution in [0.15, 0.2) is 91.5 Å². The summed E-state index contributed by atoms with van der Waals surface area (Å²) < 4.78 is 50.1. The molecule has 21 nitrogen and oxygen atoms in total. The zero-order chi connectivity index (χ0) is 66.5. The Kier molecular flexibility index (Phi) is 27.3. The third-order valence-electron chi connectivity index (χ3n) is 15.7. The van der Waals surface area contributed by atoms with Gasteiger partial charge in [0.1, 0.15) is 42.6 Å². The first-order valence-electron chi connectivity index (χ1n) is 30.6. The predicted molar refractivity (Wildman–Crippen MR) is 337 cm³/mol. The Labute approximate surface area is 528 Å². The van der Waals surface area contributed by atoms with Gasteiger partial charge in [0.05, 0.1) is 38.4 Å². The molecule has 0 saturated carbocycles. The highest BCUT2D eigenvalue weighted by molar-refractivity contribution is 6.38. The van der Waals surface area contributed by atoms with Gasteiger partial charge < -0.3 is 58.7 Å². The Balaban J connectivity index is 1.42. The number of carbonyl (C=O) groups excluding carboxylic acids is 9. The van der Waals surface area contributed by atoms with Gasteiger partial charge in [-0.05, 0) is 125 Å². The molecule has 0 aromatic heterocycles. The molecule has 1 aliphatic heterocycles. The molecule has 0 bridgehead atoms. The number of Topliss-reactive ketones (excluding diaryl/α,β-unsaturated/α-hetero) is 1. The van der Waals surface area contributed by atoms with Crippen LogP contribution in [-0.4, -0.2) is 177 Å². The van der Waals surface area contributed by atoms with Gasteiger partial charge in [-0.15, -0.1) is 0 Å². The molecule has 6 amide bonds. The number of unbranched alkanes of at least 4 members (excludes halogenated alkanes) is 1. The minimum Gasteiger partial charge on any atom is -0.493 e. The second kappa shape index (κ2) is 34.0. The van der Waals surface area contributed by atoms with Gasteiger partial charge >= 0.3 is 11.9 Å². The Hall–Kier alpha value is -8.40. The number of likely N-dealkylation sites (tertiary alicyclic amines) is 1. The molecule has 0 radical (unpaired) electrons. The number of nitrogens with one attached hydrogen (secondary N) is 2. The first kappa shape index (κ1) is 72.3. The first-order chi connectivity index (χ1) is 42.7. The third kappa shape index (κ3) is 20.3. The van der Waals surface area contributed by atoms with Crippen molar-refractivity contribution in [2.45, 2.75) is 149 Å². The van der Waals surface area contributed by atoms with Gasteiger partial charge in [0, 0.05) is 46.7 Å². The molecule has 2 N–H and O–H groups in total. The normalized spacial score (nSPS) is 14.6. The maximum absolute atomic E-state index is 16.0. The fourth-order valence-corrected chi connectivity index (χ4v) is 10.3. The number of methoxy groups -OCH3 is 2. The lowest BCUT2D eigenvalue weighted by Crippen LogP contribution is -2.59. The number of ether oxygens (including phenoxy) is 6. The number of halogens is 1. The second-order valence-corrected chi connectivity index (χ2v) is 24.2. The van der Waals surface area contributed by atoms with Crippen LogP contribution in [0.1, 0.15) is 123 Å². The minimum atomic E-state index is -1.45. The number of likely N-dealkylation sites (N-methyl/N-ethyl adjacent to an activating group) is 3. The number of esters is 2. The fraction of sp³-hybridized carbons (Fsp3) is 0.515. The highest BCUT2D eigenvalue weighted by Gasteiger charge is 2.43. The molecule has 1 fully saturated rings. The van der Waals surface area contributed by atoms with Crippen molar-refractivity contribution >= 4 is 63.9 Å². The van der Waals surface area contributed by atoms with E-state index >= 15 is 4.39 Å². The molecule has 1 heterocycles. The summed E-state index contributed by atoms with van der Waals surface area (Å²) in [6, 6.07) is 18.1. The average molecular weight is 1250 g/mol. The number of ketones is 1. The van der Waals surface area contributed by atoms with E-state index in [1.54, 1.807) is 58.2 Å². The molecule has 490 valence electrons. The van der Waals surface area contributed by atoms with E-state index in [0.29, 0.717) is 49.8 Å². The van der Waals surface area contributed by atoms with Crippen molar-refractivity contribution in [2.24, 2.45) is 5.41 Å². The van der Waals surface area contributed by atoms with E-state index in [-0.39, 0.29) is 80.5 Å². The number of rotatable bonds is 33. The number of benzene rings is 4. The van der Waals surface area contributed by atoms with Gasteiger partial charge in [0.25, 0.3) is 11.8 Å². The van der Waals surface area contributed by atoms with Crippen molar-refractivity contribution in [1.82, 2.24) is 30.2 Å². The lowest BCUT2D eigenvalue weighted by molar-refractivity contribution is -0.165. The molecule has 0 unspecified atom stereocenters. The van der Waals surface area contributed by atoms with Crippen LogP contribution in [0.3, 0.4) is 0 Å². The topological polar surface area (TPSA) is 246 Å². The van der Waals surface area contributed by atoms with E-state index < -0.39 is 108 Å². The summed E-state index contributed by atoms with van der Waals surface area (Å²) >= 11 is 0. The summed E-state index contributed by atoms with van der Waals surface area (Å²) in [6.45, 7) is 14.6. The highest BCUT2D eigenvalue weighted by Crippen LogP contribution is 2.35. The summed E-state index contributed by atoms with van der Waals surface area (Å²) in [5.74, 6) is -6.73. The molecule has 90 heavy (non-hydrogen) atoms. The van der Waals surface area contributed by atoms with Crippen LogP contribution in [0.4, 0.5) is 4.39 Å². The molecule has 0 spiro atoms. The van der Waals surface area contributed by atoms with Crippen LogP contribution in [0, 0.1) is 11.2 Å². The van der Waals surface area contributed by atoms with Crippen molar-refractivity contribution in [3.63, 3.8) is 0 Å². The van der Waals surface area contributed by atoms with Gasteiger partial charge in [-0.2, -0.15) is 0 Å². The van der Waals surface area contributed by atoms with Gasteiger partial charge in [-0.3, -0.25) is 33.6 Å². The number of nitrogens with zero attached hydrogens (tertiary/aromatic N) is 4.